The molecule has 0 spiro atoms. The van der Waals surface area contributed by atoms with Crippen LogP contribution in [0, 0.1) is 0 Å². The number of halogens is 1. The number of nitrogens with zero attached hydrogens (tertiary/aromatic N) is 3. The Morgan fingerprint density at radius 2 is 2.31 bits per heavy atom. The van der Waals surface area contributed by atoms with Crippen molar-refractivity contribution in [2.75, 3.05) is 5.73 Å². The molecule has 5 nitrogen and oxygen atoms in total. The van der Waals surface area contributed by atoms with E-state index < -0.39 is 0 Å². The molecule has 0 aliphatic heterocycles. The summed E-state index contributed by atoms with van der Waals surface area (Å²) in [7, 11) is 0. The van der Waals surface area contributed by atoms with Gasteiger partial charge in [-0.2, -0.15) is 0 Å². The van der Waals surface area contributed by atoms with E-state index in [1.165, 1.54) is 10.9 Å². The van der Waals surface area contributed by atoms with Gasteiger partial charge in [0.1, 0.15) is 12.1 Å². The van der Waals surface area contributed by atoms with Crippen molar-refractivity contribution in [1.82, 2.24) is 14.5 Å². The Morgan fingerprint density at radius 1 is 1.54 bits per heavy atom. The second-order valence-corrected chi connectivity index (χ2v) is 3.36. The van der Waals surface area contributed by atoms with Crippen LogP contribution in [-0.4, -0.2) is 18.4 Å². The number of carbonyl (C=O) groups excluding carboxylic acids is 1. The molecule has 2 heterocycles. The number of carbonyl (C=O) groups is 1. The molecule has 2 aromatic rings. The van der Waals surface area contributed by atoms with E-state index >= 15 is 0 Å². The predicted molar refractivity (Wildman–Crippen MR) is 56.8 cm³/mol. The number of anilines is 1. The smallest absolute Gasteiger partial charge is 0.292 e. The third-order valence-corrected chi connectivity index (χ3v) is 2.22. The number of rotatable bonds is 0. The lowest BCUT2D eigenvalue weighted by atomic mass is 10.4. The van der Waals surface area contributed by atoms with Gasteiger partial charge in [0, 0.05) is 28.8 Å². The molecule has 2 N–H and O–H groups in total. The molecule has 2 rings (SSSR count). The second-order valence-electron chi connectivity index (χ2n) is 2.43. The molecule has 0 aromatic carbocycles. The van der Waals surface area contributed by atoms with Crippen molar-refractivity contribution in [3.8, 4) is 0 Å². The molecule has 0 fully saturated rings. The SMILES string of the molecule is Nc1ncnc2c1ccn2C(=O)I. The molecule has 0 saturated carbocycles. The van der Waals surface area contributed by atoms with Gasteiger partial charge in [-0.15, -0.1) is 0 Å². The van der Waals surface area contributed by atoms with E-state index in [1.54, 1.807) is 34.9 Å². The van der Waals surface area contributed by atoms with Crippen LogP contribution < -0.4 is 5.73 Å². The van der Waals surface area contributed by atoms with Gasteiger partial charge in [0.05, 0.1) is 5.39 Å². The number of aromatic nitrogens is 3. The summed E-state index contributed by atoms with van der Waals surface area (Å²) in [6, 6.07) is 1.72. The standard InChI is InChI=1S/C7H5IN4O/c8-7(13)12-2-1-4-5(9)10-3-11-6(4)12/h1-3H,(H2,9,10,11). The van der Waals surface area contributed by atoms with Crippen LogP contribution in [0.2, 0.25) is 0 Å². The fraction of sp³-hybridized carbons (Fsp3) is 0. The first-order valence-electron chi connectivity index (χ1n) is 3.47. The van der Waals surface area contributed by atoms with Crippen molar-refractivity contribution in [2.45, 2.75) is 0 Å². The highest BCUT2D eigenvalue weighted by Gasteiger charge is 2.08. The number of nitrogen functional groups attached to an aromatic ring is 1. The average Bonchev–Trinajstić information content (AvgIpc) is 2.48. The van der Waals surface area contributed by atoms with Crippen LogP contribution >= 0.6 is 22.6 Å². The minimum Gasteiger partial charge on any atom is -0.383 e. The summed E-state index contributed by atoms with van der Waals surface area (Å²) in [4.78, 5) is 18.9. The van der Waals surface area contributed by atoms with Gasteiger partial charge in [-0.3, -0.25) is 9.36 Å². The molecule has 6 heteroatoms. The maximum atomic E-state index is 11.1. The molecule has 13 heavy (non-hydrogen) atoms. The Kier molecular flexibility index (Phi) is 1.91. The molecule has 0 aliphatic carbocycles. The molecule has 0 radical (unpaired) electrons. The quantitative estimate of drug-likeness (QED) is 0.587. The molecule has 0 aliphatic rings. The first-order valence-corrected chi connectivity index (χ1v) is 4.55. The topological polar surface area (TPSA) is 73.8 Å². The summed E-state index contributed by atoms with van der Waals surface area (Å²) in [6.07, 6.45) is 2.97. The molecule has 0 amide bonds. The van der Waals surface area contributed by atoms with Crippen LogP contribution in [0.5, 0.6) is 0 Å². The van der Waals surface area contributed by atoms with E-state index in [-0.39, 0.29) is 3.91 Å². The van der Waals surface area contributed by atoms with Crippen LogP contribution in [0.3, 0.4) is 0 Å². The van der Waals surface area contributed by atoms with Crippen molar-refractivity contribution in [3.05, 3.63) is 18.6 Å². The molecular weight excluding hydrogens is 283 g/mol. The molecule has 0 unspecified atom stereocenters. The molecule has 2 aromatic heterocycles. The van der Waals surface area contributed by atoms with Gasteiger partial charge in [-0.05, 0) is 6.07 Å². The zero-order valence-electron chi connectivity index (χ0n) is 6.44. The molecule has 66 valence electrons. The zero-order valence-corrected chi connectivity index (χ0v) is 8.59. The maximum Gasteiger partial charge on any atom is 0.292 e. The second kappa shape index (κ2) is 2.95. The summed E-state index contributed by atoms with van der Waals surface area (Å²) in [5.74, 6) is 0.390. The van der Waals surface area contributed by atoms with Crippen LogP contribution in [-0.2, 0) is 0 Å². The summed E-state index contributed by atoms with van der Waals surface area (Å²) >= 11 is 1.69. The van der Waals surface area contributed by atoms with E-state index in [0.29, 0.717) is 16.9 Å². The fourth-order valence-electron chi connectivity index (χ4n) is 1.11. The minimum absolute atomic E-state index is 0.120. The largest absolute Gasteiger partial charge is 0.383 e. The summed E-state index contributed by atoms with van der Waals surface area (Å²) < 4.78 is 1.30. The van der Waals surface area contributed by atoms with Crippen molar-refractivity contribution >= 4 is 43.4 Å². The van der Waals surface area contributed by atoms with Crippen molar-refractivity contribution in [1.29, 1.82) is 0 Å². The maximum absolute atomic E-state index is 11.1. The normalized spacial score (nSPS) is 10.5. The highest BCUT2D eigenvalue weighted by atomic mass is 127. The van der Waals surface area contributed by atoms with Crippen LogP contribution in [0.25, 0.3) is 11.0 Å². The van der Waals surface area contributed by atoms with Gasteiger partial charge in [0.2, 0.25) is 0 Å². The van der Waals surface area contributed by atoms with Crippen molar-refractivity contribution in [3.63, 3.8) is 0 Å². The number of hydrogen-bond acceptors (Lipinski definition) is 4. The highest BCUT2D eigenvalue weighted by Crippen LogP contribution is 2.18. The van der Waals surface area contributed by atoms with E-state index in [9.17, 15) is 4.79 Å². The van der Waals surface area contributed by atoms with Gasteiger partial charge < -0.3 is 5.73 Å². The Morgan fingerprint density at radius 3 is 3.00 bits per heavy atom. The molecule has 0 bridgehead atoms. The van der Waals surface area contributed by atoms with Gasteiger partial charge in [-0.1, -0.05) is 0 Å². The highest BCUT2D eigenvalue weighted by molar-refractivity contribution is 14.1. The van der Waals surface area contributed by atoms with Crippen molar-refractivity contribution < 1.29 is 4.79 Å². The summed E-state index contributed by atoms with van der Waals surface area (Å²) in [6.45, 7) is 0. The Bertz CT molecular complexity index is 478. The third kappa shape index (κ3) is 1.26. The summed E-state index contributed by atoms with van der Waals surface area (Å²) in [5.41, 5.74) is 6.14. The van der Waals surface area contributed by atoms with Crippen LogP contribution in [0.1, 0.15) is 0 Å². The molecule has 0 saturated heterocycles. The lowest BCUT2D eigenvalue weighted by molar-refractivity contribution is 0.265. The van der Waals surface area contributed by atoms with Gasteiger partial charge in [0.25, 0.3) is 3.91 Å². The number of nitrogens with two attached hydrogens (primary N) is 1. The van der Waals surface area contributed by atoms with E-state index in [1.807, 2.05) is 0 Å². The first-order chi connectivity index (χ1) is 6.20. The van der Waals surface area contributed by atoms with E-state index in [0.717, 1.165) is 0 Å². The monoisotopic (exact) mass is 288 g/mol. The van der Waals surface area contributed by atoms with Crippen LogP contribution in [0.15, 0.2) is 18.6 Å². The minimum atomic E-state index is -0.120. The molecule has 0 atom stereocenters. The van der Waals surface area contributed by atoms with Crippen LogP contribution in [0.4, 0.5) is 10.6 Å². The van der Waals surface area contributed by atoms with Gasteiger partial charge in [-0.25, -0.2) is 9.97 Å². The molecular formula is C7H5IN4O. The number of hydrogen-bond donors (Lipinski definition) is 1. The van der Waals surface area contributed by atoms with Gasteiger partial charge >= 0.3 is 0 Å². The lowest BCUT2D eigenvalue weighted by Gasteiger charge is -1.96. The zero-order chi connectivity index (χ0) is 9.42. The van der Waals surface area contributed by atoms with E-state index in [4.69, 9.17) is 5.73 Å². The predicted octanol–water partition coefficient (Wildman–Crippen LogP) is 1.42. The Balaban J connectivity index is 2.83. The third-order valence-electron chi connectivity index (χ3n) is 1.70. The number of fused-ring (bicyclic) bond motifs is 1. The Labute approximate surface area is 87.1 Å². The van der Waals surface area contributed by atoms with E-state index in [2.05, 4.69) is 9.97 Å². The fourth-order valence-corrected chi connectivity index (χ4v) is 1.50. The lowest BCUT2D eigenvalue weighted by Crippen LogP contribution is -2.01. The first kappa shape index (κ1) is 8.42. The Hall–Kier alpha value is -1.18. The van der Waals surface area contributed by atoms with Crippen molar-refractivity contribution in [2.24, 2.45) is 0 Å². The average molecular weight is 288 g/mol. The summed E-state index contributed by atoms with van der Waals surface area (Å²) in [5, 5.41) is 0.701. The van der Waals surface area contributed by atoms with Gasteiger partial charge in [0.15, 0.2) is 5.65 Å².